The molecule has 47 heavy (non-hydrogen) atoms. The van der Waals surface area contributed by atoms with Gasteiger partial charge in [-0.1, -0.05) is 171 Å². The van der Waals surface area contributed by atoms with Crippen LogP contribution in [0.4, 0.5) is 0 Å². The van der Waals surface area contributed by atoms with Crippen molar-refractivity contribution in [1.82, 2.24) is 9.55 Å². The van der Waals surface area contributed by atoms with Gasteiger partial charge in [-0.3, -0.25) is 4.57 Å². The summed E-state index contributed by atoms with van der Waals surface area (Å²) in [7, 11) is 0. The molecule has 0 aliphatic heterocycles. The Morgan fingerprint density at radius 2 is 1.13 bits per heavy atom. The Bertz CT molecular complexity index is 2310. The second-order valence-corrected chi connectivity index (χ2v) is 11.3. The Balaban J connectivity index is 1.40. The molecule has 0 N–H and O–H groups in total. The molecular weight excluding hydrogens is 569 g/mol. The molecule has 1 heterocycles. The molecule has 0 fully saturated rings. The van der Waals surface area contributed by atoms with Gasteiger partial charge < -0.3 is 0 Å². The van der Waals surface area contributed by atoms with Gasteiger partial charge in [0, 0.05) is 11.3 Å². The first-order valence-corrected chi connectivity index (χ1v) is 15.8. The summed E-state index contributed by atoms with van der Waals surface area (Å²) in [5.41, 5.74) is 10.7. The van der Waals surface area contributed by atoms with Gasteiger partial charge in [-0.15, -0.1) is 0 Å². The zero-order chi connectivity index (χ0) is 32.0. The summed E-state index contributed by atoms with van der Waals surface area (Å²) in [6.07, 6.45) is 5.74. The van der Waals surface area contributed by atoms with Gasteiger partial charge >= 0.3 is 0 Å². The number of benzene rings is 5. The Labute approximate surface area is 276 Å². The van der Waals surface area contributed by atoms with Crippen LogP contribution in [0.25, 0.3) is 66.7 Å². The second kappa shape index (κ2) is 13.4. The van der Waals surface area contributed by atoms with Crippen LogP contribution in [0, 0.1) is 0 Å². The van der Waals surface area contributed by atoms with Crippen molar-refractivity contribution in [3.63, 3.8) is 0 Å². The van der Waals surface area contributed by atoms with Crippen molar-refractivity contribution in [2.75, 3.05) is 0 Å². The number of imidazole rings is 1. The minimum absolute atomic E-state index is 0.916. The molecule has 0 spiro atoms. The molecule has 0 amide bonds. The van der Waals surface area contributed by atoms with Crippen LogP contribution >= 0.6 is 0 Å². The highest BCUT2D eigenvalue weighted by Gasteiger charge is 2.14. The fourth-order valence-electron chi connectivity index (χ4n) is 6.09. The highest BCUT2D eigenvalue weighted by atomic mass is 15.1. The summed E-state index contributed by atoms with van der Waals surface area (Å²) in [6.45, 7) is 8.32. The van der Waals surface area contributed by atoms with Crippen LogP contribution < -0.4 is 0 Å². The van der Waals surface area contributed by atoms with Crippen LogP contribution in [-0.2, 0) is 0 Å². The lowest BCUT2D eigenvalue weighted by Crippen LogP contribution is -1.97. The van der Waals surface area contributed by atoms with Crippen LogP contribution in [0.5, 0.6) is 0 Å². The van der Waals surface area contributed by atoms with Crippen molar-refractivity contribution in [1.29, 1.82) is 0 Å². The van der Waals surface area contributed by atoms with Gasteiger partial charge in [0.05, 0.1) is 11.0 Å². The molecule has 224 valence electrons. The molecule has 7 aromatic rings. The number of aromatic nitrogens is 2. The standard InChI is InChI=1S/C45H34N2/c1-3-4-16-33(2)39-32-31-34(19-15-24-40(36-17-7-5-8-18-36)42-23-12-11-22-41(39)42)35-27-29-37(30-28-35)45-46-43-25-13-14-26-44(43)47(45)38-20-9-6-10-21-38/h3-32H,1-2H2. The van der Waals surface area contributed by atoms with Crippen molar-refractivity contribution in [3.8, 4) is 39.3 Å². The summed E-state index contributed by atoms with van der Waals surface area (Å²) in [6, 6.07) is 57.4. The van der Waals surface area contributed by atoms with E-state index < -0.39 is 0 Å². The number of rotatable bonds is 7. The smallest absolute Gasteiger partial charge is 0.145 e. The van der Waals surface area contributed by atoms with E-state index in [9.17, 15) is 0 Å². The van der Waals surface area contributed by atoms with E-state index in [1.54, 1.807) is 6.08 Å². The summed E-state index contributed by atoms with van der Waals surface area (Å²) < 4.78 is 2.23. The third-order valence-electron chi connectivity index (χ3n) is 8.39. The molecule has 2 heteroatoms. The fraction of sp³-hybridized carbons (Fsp3) is 0. The van der Waals surface area contributed by atoms with E-state index in [4.69, 9.17) is 4.98 Å². The SMILES string of the molecule is C=CC=CC(=C)c1ccc(-c2ccc(-c3nc4ccccc4n3-c3ccccc3)cc2)cccc(-c2ccccc2)c2ccccc12. The molecule has 0 saturated carbocycles. The number of allylic oxidation sites excluding steroid dienone is 4. The van der Waals surface area contributed by atoms with Crippen molar-refractivity contribution >= 4 is 27.4 Å². The maximum absolute atomic E-state index is 5.06. The molecule has 2 nitrogen and oxygen atoms in total. The molecule has 0 saturated heterocycles. The third kappa shape index (κ3) is 6.05. The molecule has 6 aromatic carbocycles. The largest absolute Gasteiger partial charge is 0.292 e. The monoisotopic (exact) mass is 602 g/mol. The van der Waals surface area contributed by atoms with Crippen LogP contribution in [-0.4, -0.2) is 9.55 Å². The van der Waals surface area contributed by atoms with Crippen molar-refractivity contribution in [3.05, 3.63) is 201 Å². The molecule has 0 aliphatic carbocycles. The van der Waals surface area contributed by atoms with Gasteiger partial charge in [-0.2, -0.15) is 0 Å². The molecule has 1 aromatic heterocycles. The second-order valence-electron chi connectivity index (χ2n) is 11.3. The van der Waals surface area contributed by atoms with Gasteiger partial charge in [-0.25, -0.2) is 4.98 Å². The summed E-state index contributed by atoms with van der Waals surface area (Å²) in [5, 5.41) is 2.28. The lowest BCUT2D eigenvalue weighted by Gasteiger charge is -2.11. The van der Waals surface area contributed by atoms with Crippen LogP contribution in [0.15, 0.2) is 195 Å². The predicted octanol–water partition coefficient (Wildman–Crippen LogP) is 12.1. The van der Waals surface area contributed by atoms with Crippen LogP contribution in [0.3, 0.4) is 0 Å². The Kier molecular flexibility index (Phi) is 8.40. The van der Waals surface area contributed by atoms with Crippen molar-refractivity contribution < 1.29 is 0 Å². The molecule has 0 radical (unpaired) electrons. The molecular formula is C45H34N2. The molecule has 0 aliphatic rings. The number of hydrogen-bond acceptors (Lipinski definition) is 1. The van der Waals surface area contributed by atoms with Gasteiger partial charge in [0.2, 0.25) is 0 Å². The highest BCUT2D eigenvalue weighted by Crippen LogP contribution is 2.33. The Morgan fingerprint density at radius 1 is 0.532 bits per heavy atom. The van der Waals surface area contributed by atoms with Crippen molar-refractivity contribution in [2.24, 2.45) is 0 Å². The maximum Gasteiger partial charge on any atom is 0.145 e. The lowest BCUT2D eigenvalue weighted by molar-refractivity contribution is 1.10. The van der Waals surface area contributed by atoms with E-state index >= 15 is 0 Å². The first-order chi connectivity index (χ1) is 23.2. The summed E-state index contributed by atoms with van der Waals surface area (Å²) in [5.74, 6) is 0.916. The predicted molar refractivity (Wildman–Crippen MR) is 201 cm³/mol. The first kappa shape index (κ1) is 29.5. The zero-order valence-corrected chi connectivity index (χ0v) is 26.1. The Hall–Kier alpha value is -6.25. The Morgan fingerprint density at radius 3 is 1.89 bits per heavy atom. The quantitative estimate of drug-likeness (QED) is 0.166. The third-order valence-corrected chi connectivity index (χ3v) is 8.39. The molecule has 0 atom stereocenters. The zero-order valence-electron chi connectivity index (χ0n) is 26.1. The normalized spacial score (nSPS) is 11.1. The minimum atomic E-state index is 0.916. The first-order valence-electron chi connectivity index (χ1n) is 15.8. The van der Waals surface area contributed by atoms with Gasteiger partial charge in [0.1, 0.15) is 5.82 Å². The van der Waals surface area contributed by atoms with E-state index in [0.29, 0.717) is 0 Å². The average Bonchev–Trinajstić information content (AvgIpc) is 3.53. The number of para-hydroxylation sites is 3. The topological polar surface area (TPSA) is 17.8 Å². The number of fused-ring (bicyclic) bond motifs is 2. The van der Waals surface area contributed by atoms with Crippen LogP contribution in [0.2, 0.25) is 0 Å². The van der Waals surface area contributed by atoms with E-state index in [0.717, 1.165) is 72.3 Å². The molecule has 0 bridgehead atoms. The van der Waals surface area contributed by atoms with Gasteiger partial charge in [-0.05, 0) is 68.4 Å². The summed E-state index contributed by atoms with van der Waals surface area (Å²) >= 11 is 0. The number of nitrogens with zero attached hydrogens (tertiary/aromatic N) is 2. The fourth-order valence-corrected chi connectivity index (χ4v) is 6.09. The average molecular weight is 603 g/mol. The van der Waals surface area contributed by atoms with Crippen LogP contribution in [0.1, 0.15) is 5.56 Å². The minimum Gasteiger partial charge on any atom is -0.292 e. The number of hydrogen-bond donors (Lipinski definition) is 0. The van der Waals surface area contributed by atoms with E-state index in [1.807, 2.05) is 24.3 Å². The molecule has 0 unspecified atom stereocenters. The van der Waals surface area contributed by atoms with Gasteiger partial charge in [0.15, 0.2) is 0 Å². The maximum atomic E-state index is 5.06. The van der Waals surface area contributed by atoms with Gasteiger partial charge in [0.25, 0.3) is 0 Å². The highest BCUT2D eigenvalue weighted by molar-refractivity contribution is 6.02. The van der Waals surface area contributed by atoms with E-state index in [2.05, 4.69) is 169 Å². The van der Waals surface area contributed by atoms with E-state index in [-0.39, 0.29) is 0 Å². The van der Waals surface area contributed by atoms with Crippen molar-refractivity contribution in [2.45, 2.75) is 0 Å². The molecule has 7 rings (SSSR count). The lowest BCUT2D eigenvalue weighted by atomic mass is 9.94. The summed E-state index contributed by atoms with van der Waals surface area (Å²) in [4.78, 5) is 5.06. The van der Waals surface area contributed by atoms with E-state index in [1.165, 1.54) is 0 Å².